The van der Waals surface area contributed by atoms with Crippen molar-refractivity contribution < 1.29 is 14.0 Å². The average Bonchev–Trinajstić information content (AvgIpc) is 2.46. The van der Waals surface area contributed by atoms with E-state index in [4.69, 9.17) is 0 Å². The van der Waals surface area contributed by atoms with Crippen LogP contribution in [0.1, 0.15) is 32.3 Å². The molecule has 1 saturated heterocycles. The summed E-state index contributed by atoms with van der Waals surface area (Å²) in [6.07, 6.45) is 1.11. The molecule has 1 aromatic carbocycles. The van der Waals surface area contributed by atoms with Gasteiger partial charge in [-0.25, -0.2) is 4.39 Å². The quantitative estimate of drug-likeness (QED) is 0.901. The number of benzene rings is 1. The lowest BCUT2D eigenvalue weighted by Crippen LogP contribution is -2.65. The van der Waals surface area contributed by atoms with Crippen LogP contribution in [-0.4, -0.2) is 28.8 Å². The highest BCUT2D eigenvalue weighted by Gasteiger charge is 2.43. The van der Waals surface area contributed by atoms with Gasteiger partial charge >= 0.3 is 0 Å². The first kappa shape index (κ1) is 15.9. The maximum atomic E-state index is 13.3. The standard InChI is InChI=1S/C15H18BrFN2O2/c1-3-15(4-2)14(21)19(9-13(20)18-15)8-10-5-6-12(17)11(16)7-10/h5-7H,3-4,8-9H2,1-2H3,(H,18,20). The predicted molar refractivity (Wildman–Crippen MR) is 81.0 cm³/mol. The molecular weight excluding hydrogens is 339 g/mol. The monoisotopic (exact) mass is 356 g/mol. The second-order valence-electron chi connectivity index (χ2n) is 5.25. The van der Waals surface area contributed by atoms with Gasteiger partial charge in [0, 0.05) is 6.54 Å². The summed E-state index contributed by atoms with van der Waals surface area (Å²) >= 11 is 3.13. The van der Waals surface area contributed by atoms with Gasteiger partial charge in [0.2, 0.25) is 11.8 Å². The summed E-state index contributed by atoms with van der Waals surface area (Å²) in [5.41, 5.74) is -0.0282. The van der Waals surface area contributed by atoms with E-state index in [1.165, 1.54) is 11.0 Å². The number of halogens is 2. The Balaban J connectivity index is 2.24. The van der Waals surface area contributed by atoms with Gasteiger partial charge in [-0.15, -0.1) is 0 Å². The number of carbonyl (C=O) groups is 2. The SMILES string of the molecule is CCC1(CC)NC(=O)CN(Cc2ccc(F)c(Br)c2)C1=O. The zero-order chi connectivity index (χ0) is 15.6. The molecule has 1 heterocycles. The van der Waals surface area contributed by atoms with Gasteiger partial charge in [0.15, 0.2) is 0 Å². The number of hydrogen-bond acceptors (Lipinski definition) is 2. The largest absolute Gasteiger partial charge is 0.340 e. The van der Waals surface area contributed by atoms with Crippen molar-refractivity contribution in [3.8, 4) is 0 Å². The zero-order valence-electron chi connectivity index (χ0n) is 12.1. The Morgan fingerprint density at radius 1 is 1.33 bits per heavy atom. The van der Waals surface area contributed by atoms with E-state index in [0.717, 1.165) is 5.56 Å². The maximum absolute atomic E-state index is 13.3. The lowest BCUT2D eigenvalue weighted by molar-refractivity contribution is -0.151. The number of nitrogens with one attached hydrogen (secondary N) is 1. The molecule has 1 fully saturated rings. The van der Waals surface area contributed by atoms with Gasteiger partial charge in [0.05, 0.1) is 11.0 Å². The fraction of sp³-hybridized carbons (Fsp3) is 0.467. The highest BCUT2D eigenvalue weighted by atomic mass is 79.9. The fourth-order valence-electron chi connectivity index (χ4n) is 2.62. The highest BCUT2D eigenvalue weighted by Crippen LogP contribution is 2.24. The minimum absolute atomic E-state index is 0.0373. The first-order valence-corrected chi connectivity index (χ1v) is 7.75. The molecule has 0 unspecified atom stereocenters. The predicted octanol–water partition coefficient (Wildman–Crippen LogP) is 2.61. The van der Waals surface area contributed by atoms with Crippen molar-refractivity contribution in [3.05, 3.63) is 34.1 Å². The summed E-state index contributed by atoms with van der Waals surface area (Å²) in [7, 11) is 0. The molecule has 0 aliphatic carbocycles. The maximum Gasteiger partial charge on any atom is 0.249 e. The first-order chi connectivity index (χ1) is 9.91. The lowest BCUT2D eigenvalue weighted by atomic mass is 9.88. The van der Waals surface area contributed by atoms with Crippen LogP contribution in [0.25, 0.3) is 0 Å². The molecule has 6 heteroatoms. The van der Waals surface area contributed by atoms with Gasteiger partial charge in [-0.05, 0) is 46.5 Å². The minimum Gasteiger partial charge on any atom is -0.340 e. The topological polar surface area (TPSA) is 49.4 Å². The molecule has 0 saturated carbocycles. The summed E-state index contributed by atoms with van der Waals surface area (Å²) in [6, 6.07) is 4.61. The van der Waals surface area contributed by atoms with Crippen LogP contribution in [-0.2, 0) is 16.1 Å². The van der Waals surface area contributed by atoms with Crippen molar-refractivity contribution in [3.63, 3.8) is 0 Å². The van der Waals surface area contributed by atoms with Crippen molar-refractivity contribution >= 4 is 27.7 Å². The summed E-state index contributed by atoms with van der Waals surface area (Å²) in [4.78, 5) is 26.1. The third kappa shape index (κ3) is 3.10. The number of hydrogen-bond donors (Lipinski definition) is 1. The number of carbonyl (C=O) groups excluding carboxylic acids is 2. The van der Waals surface area contributed by atoms with Crippen LogP contribution in [0.15, 0.2) is 22.7 Å². The summed E-state index contributed by atoms with van der Waals surface area (Å²) in [5, 5.41) is 2.82. The van der Waals surface area contributed by atoms with Crippen LogP contribution in [0.2, 0.25) is 0 Å². The van der Waals surface area contributed by atoms with Crippen LogP contribution >= 0.6 is 15.9 Å². The molecule has 0 aromatic heterocycles. The summed E-state index contributed by atoms with van der Waals surface area (Å²) < 4.78 is 13.6. The molecular formula is C15H18BrFN2O2. The Bertz CT molecular complexity index is 573. The fourth-order valence-corrected chi connectivity index (χ4v) is 3.05. The molecule has 0 radical (unpaired) electrons. The molecule has 1 aliphatic heterocycles. The van der Waals surface area contributed by atoms with Crippen molar-refractivity contribution in [2.75, 3.05) is 6.54 Å². The van der Waals surface area contributed by atoms with E-state index >= 15 is 0 Å². The second kappa shape index (κ2) is 6.13. The average molecular weight is 357 g/mol. The van der Waals surface area contributed by atoms with Gasteiger partial charge < -0.3 is 10.2 Å². The van der Waals surface area contributed by atoms with Crippen molar-refractivity contribution in [2.24, 2.45) is 0 Å². The lowest BCUT2D eigenvalue weighted by Gasteiger charge is -2.41. The number of nitrogens with zero attached hydrogens (tertiary/aromatic N) is 1. The normalized spacial score (nSPS) is 17.8. The Morgan fingerprint density at radius 3 is 2.57 bits per heavy atom. The van der Waals surface area contributed by atoms with Crippen LogP contribution in [0.5, 0.6) is 0 Å². The molecule has 0 atom stereocenters. The van der Waals surface area contributed by atoms with Gasteiger partial charge in [-0.3, -0.25) is 9.59 Å². The molecule has 114 valence electrons. The molecule has 21 heavy (non-hydrogen) atoms. The molecule has 0 spiro atoms. The number of piperazine rings is 1. The van der Waals surface area contributed by atoms with E-state index in [1.54, 1.807) is 12.1 Å². The Labute approximate surface area is 131 Å². The van der Waals surface area contributed by atoms with Gasteiger partial charge in [0.25, 0.3) is 0 Å². The molecule has 0 bridgehead atoms. The smallest absolute Gasteiger partial charge is 0.249 e. The van der Waals surface area contributed by atoms with Gasteiger partial charge in [-0.2, -0.15) is 0 Å². The number of amides is 2. The van der Waals surface area contributed by atoms with Crippen molar-refractivity contribution in [2.45, 2.75) is 38.8 Å². The summed E-state index contributed by atoms with van der Waals surface area (Å²) in [5.74, 6) is -0.579. The summed E-state index contributed by atoms with van der Waals surface area (Å²) in [6.45, 7) is 4.11. The van der Waals surface area contributed by atoms with E-state index in [9.17, 15) is 14.0 Å². The molecule has 4 nitrogen and oxygen atoms in total. The second-order valence-corrected chi connectivity index (χ2v) is 6.10. The third-order valence-corrected chi connectivity index (χ3v) is 4.58. The van der Waals surface area contributed by atoms with Gasteiger partial charge in [-0.1, -0.05) is 19.9 Å². The van der Waals surface area contributed by atoms with E-state index < -0.39 is 5.54 Å². The Kier molecular flexibility index (Phi) is 4.66. The van der Waals surface area contributed by atoms with Crippen LogP contribution < -0.4 is 5.32 Å². The molecule has 1 aliphatic rings. The minimum atomic E-state index is -0.813. The first-order valence-electron chi connectivity index (χ1n) is 6.96. The van der Waals surface area contributed by atoms with Crippen LogP contribution in [0.3, 0.4) is 0 Å². The Morgan fingerprint density at radius 2 is 2.00 bits per heavy atom. The van der Waals surface area contributed by atoms with E-state index in [2.05, 4.69) is 21.2 Å². The highest BCUT2D eigenvalue weighted by molar-refractivity contribution is 9.10. The molecule has 2 rings (SSSR count). The van der Waals surface area contributed by atoms with Crippen molar-refractivity contribution in [1.82, 2.24) is 10.2 Å². The van der Waals surface area contributed by atoms with Gasteiger partial charge in [0.1, 0.15) is 11.4 Å². The zero-order valence-corrected chi connectivity index (χ0v) is 13.7. The molecule has 2 amide bonds. The molecule has 1 N–H and O–H groups in total. The number of rotatable bonds is 4. The van der Waals surface area contributed by atoms with Crippen LogP contribution in [0.4, 0.5) is 4.39 Å². The van der Waals surface area contributed by atoms with Crippen LogP contribution in [0, 0.1) is 5.82 Å². The van der Waals surface area contributed by atoms with Crippen molar-refractivity contribution in [1.29, 1.82) is 0 Å². The van der Waals surface area contributed by atoms with E-state index in [0.29, 0.717) is 23.9 Å². The van der Waals surface area contributed by atoms with E-state index in [-0.39, 0.29) is 24.2 Å². The Hall–Kier alpha value is -1.43. The molecule has 1 aromatic rings. The van der Waals surface area contributed by atoms with E-state index in [1.807, 2.05) is 13.8 Å². The third-order valence-electron chi connectivity index (χ3n) is 3.97.